The van der Waals surface area contributed by atoms with Gasteiger partial charge in [0.05, 0.1) is 6.61 Å². The number of rotatable bonds is 4. The van der Waals surface area contributed by atoms with Crippen LogP contribution in [0.25, 0.3) is 0 Å². The molecule has 0 radical (unpaired) electrons. The first-order valence-electron chi connectivity index (χ1n) is 5.86. The summed E-state index contributed by atoms with van der Waals surface area (Å²) in [5.41, 5.74) is 0.195. The molecule has 19 heavy (non-hydrogen) atoms. The van der Waals surface area contributed by atoms with Crippen LogP contribution in [0.5, 0.6) is 0 Å². The first kappa shape index (κ1) is 12.9. The van der Waals surface area contributed by atoms with Crippen molar-refractivity contribution in [2.45, 2.75) is 13.3 Å². The van der Waals surface area contributed by atoms with E-state index in [9.17, 15) is 9.59 Å². The maximum Gasteiger partial charge on any atom is 0.345 e. The van der Waals surface area contributed by atoms with Gasteiger partial charge in [0.1, 0.15) is 11.4 Å². The molecule has 2 aromatic heterocycles. The summed E-state index contributed by atoms with van der Waals surface area (Å²) in [6.07, 6.45) is 3.30. The predicted molar refractivity (Wildman–Crippen MR) is 67.9 cm³/mol. The van der Waals surface area contributed by atoms with Crippen LogP contribution >= 0.6 is 0 Å². The van der Waals surface area contributed by atoms with Gasteiger partial charge in [0.15, 0.2) is 0 Å². The maximum absolute atomic E-state index is 11.7. The Morgan fingerprint density at radius 2 is 2.21 bits per heavy atom. The summed E-state index contributed by atoms with van der Waals surface area (Å²) in [5, 5.41) is 0. The van der Waals surface area contributed by atoms with Crippen molar-refractivity contribution in [3.05, 3.63) is 58.0 Å². The van der Waals surface area contributed by atoms with Crippen molar-refractivity contribution >= 4 is 5.97 Å². The average Bonchev–Trinajstić information content (AvgIpc) is 2.40. The predicted octanol–water partition coefficient (Wildman–Crippen LogP) is 0.932. The molecular formula is C13H13N3O3. The highest BCUT2D eigenvalue weighted by atomic mass is 16.5. The van der Waals surface area contributed by atoms with E-state index in [1.807, 2.05) is 18.2 Å². The van der Waals surface area contributed by atoms with E-state index >= 15 is 0 Å². The Labute approximate surface area is 109 Å². The third kappa shape index (κ3) is 3.25. The van der Waals surface area contributed by atoms with Gasteiger partial charge in [-0.15, -0.1) is 0 Å². The Morgan fingerprint density at radius 1 is 1.37 bits per heavy atom. The summed E-state index contributed by atoms with van der Waals surface area (Å²) in [6, 6.07) is 5.50. The molecule has 0 unspecified atom stereocenters. The Balaban J connectivity index is 2.20. The molecule has 0 amide bonds. The number of esters is 1. The minimum atomic E-state index is -0.666. The number of aromatic nitrogens is 3. The second-order valence-corrected chi connectivity index (χ2v) is 3.79. The number of nitrogens with one attached hydrogen (secondary N) is 1. The molecule has 0 fully saturated rings. The normalized spacial score (nSPS) is 10.2. The lowest BCUT2D eigenvalue weighted by Gasteiger charge is -2.03. The molecule has 0 bridgehead atoms. The zero-order valence-electron chi connectivity index (χ0n) is 10.4. The van der Waals surface area contributed by atoms with Crippen LogP contribution in [0.3, 0.4) is 0 Å². The molecular weight excluding hydrogens is 246 g/mol. The van der Waals surface area contributed by atoms with Gasteiger partial charge in [-0.2, -0.15) is 0 Å². The molecule has 0 aliphatic rings. The molecule has 1 N–H and O–H groups in total. The molecule has 6 nitrogen and oxygen atoms in total. The summed E-state index contributed by atoms with van der Waals surface area (Å²) in [4.78, 5) is 33.9. The van der Waals surface area contributed by atoms with Gasteiger partial charge in [0.2, 0.25) is 0 Å². The van der Waals surface area contributed by atoms with Crippen LogP contribution < -0.4 is 5.56 Å². The zero-order chi connectivity index (χ0) is 13.7. The Kier molecular flexibility index (Phi) is 4.02. The van der Waals surface area contributed by atoms with Crippen LogP contribution in [-0.4, -0.2) is 27.5 Å². The maximum atomic E-state index is 11.7. The fourth-order valence-electron chi connectivity index (χ4n) is 1.55. The molecule has 0 atom stereocenters. The van der Waals surface area contributed by atoms with E-state index in [4.69, 9.17) is 4.74 Å². The van der Waals surface area contributed by atoms with Crippen molar-refractivity contribution in [2.75, 3.05) is 6.61 Å². The number of hydrogen-bond acceptors (Lipinski definition) is 5. The van der Waals surface area contributed by atoms with Gasteiger partial charge >= 0.3 is 5.97 Å². The largest absolute Gasteiger partial charge is 0.462 e. The van der Waals surface area contributed by atoms with E-state index in [0.29, 0.717) is 12.2 Å². The standard InChI is InChI=1S/C13H13N3O3/c1-2-19-13(18)10-8-15-11(16-12(10)17)7-9-5-3-4-6-14-9/h3-6,8H,2,7H2,1H3,(H,15,16,17). The lowest BCUT2D eigenvalue weighted by molar-refractivity contribution is 0.0523. The molecule has 0 aromatic carbocycles. The van der Waals surface area contributed by atoms with E-state index < -0.39 is 11.5 Å². The first-order chi connectivity index (χ1) is 9.20. The van der Waals surface area contributed by atoms with E-state index in [0.717, 1.165) is 5.69 Å². The van der Waals surface area contributed by atoms with E-state index in [-0.39, 0.29) is 12.2 Å². The van der Waals surface area contributed by atoms with Crippen LogP contribution in [0.4, 0.5) is 0 Å². The number of aromatic amines is 1. The van der Waals surface area contributed by atoms with Crippen LogP contribution in [0, 0.1) is 0 Å². The quantitative estimate of drug-likeness (QED) is 0.826. The van der Waals surface area contributed by atoms with Gasteiger partial charge < -0.3 is 9.72 Å². The van der Waals surface area contributed by atoms with Crippen LogP contribution in [0.1, 0.15) is 28.8 Å². The molecule has 2 rings (SSSR count). The van der Waals surface area contributed by atoms with Gasteiger partial charge in [-0.25, -0.2) is 9.78 Å². The van der Waals surface area contributed by atoms with Crippen molar-refractivity contribution in [3.63, 3.8) is 0 Å². The fourth-order valence-corrected chi connectivity index (χ4v) is 1.55. The SMILES string of the molecule is CCOC(=O)c1cnc(Cc2ccccn2)[nH]c1=O. The number of carbonyl (C=O) groups excluding carboxylic acids is 1. The van der Waals surface area contributed by atoms with Gasteiger partial charge in [-0.05, 0) is 19.1 Å². The molecule has 0 aliphatic carbocycles. The van der Waals surface area contributed by atoms with Crippen molar-refractivity contribution in [3.8, 4) is 0 Å². The number of carbonyl (C=O) groups is 1. The van der Waals surface area contributed by atoms with E-state index in [1.54, 1.807) is 13.1 Å². The summed E-state index contributed by atoms with van der Waals surface area (Å²) in [7, 11) is 0. The molecule has 98 valence electrons. The van der Waals surface area contributed by atoms with Gasteiger partial charge in [-0.1, -0.05) is 6.07 Å². The summed E-state index contributed by atoms with van der Waals surface area (Å²) in [5.74, 6) is -0.211. The zero-order valence-corrected chi connectivity index (χ0v) is 10.4. The Morgan fingerprint density at radius 3 is 2.84 bits per heavy atom. The van der Waals surface area contributed by atoms with Crippen LogP contribution in [0.15, 0.2) is 35.4 Å². The van der Waals surface area contributed by atoms with Crippen molar-refractivity contribution in [2.24, 2.45) is 0 Å². The van der Waals surface area contributed by atoms with Crippen LogP contribution in [0.2, 0.25) is 0 Å². The van der Waals surface area contributed by atoms with Crippen LogP contribution in [-0.2, 0) is 11.2 Å². The number of ether oxygens (including phenoxy) is 1. The highest BCUT2D eigenvalue weighted by Crippen LogP contribution is 2.01. The number of pyridine rings is 1. The molecule has 6 heteroatoms. The van der Waals surface area contributed by atoms with Crippen molar-refractivity contribution < 1.29 is 9.53 Å². The second-order valence-electron chi connectivity index (χ2n) is 3.79. The van der Waals surface area contributed by atoms with Gasteiger partial charge in [0, 0.05) is 24.5 Å². The highest BCUT2D eigenvalue weighted by molar-refractivity contribution is 5.88. The monoisotopic (exact) mass is 259 g/mol. The highest BCUT2D eigenvalue weighted by Gasteiger charge is 2.12. The third-order valence-corrected chi connectivity index (χ3v) is 2.42. The Hall–Kier alpha value is -2.50. The number of nitrogens with zero attached hydrogens (tertiary/aromatic N) is 2. The number of hydrogen-bond donors (Lipinski definition) is 1. The van der Waals surface area contributed by atoms with E-state index in [2.05, 4.69) is 15.0 Å². The van der Waals surface area contributed by atoms with Gasteiger partial charge in [0.25, 0.3) is 5.56 Å². The third-order valence-electron chi connectivity index (χ3n) is 2.42. The molecule has 0 aliphatic heterocycles. The lowest BCUT2D eigenvalue weighted by atomic mass is 10.2. The smallest absolute Gasteiger partial charge is 0.345 e. The summed E-state index contributed by atoms with van der Waals surface area (Å²) < 4.78 is 4.76. The van der Waals surface area contributed by atoms with Gasteiger partial charge in [-0.3, -0.25) is 9.78 Å². The first-order valence-corrected chi connectivity index (χ1v) is 5.86. The van der Waals surface area contributed by atoms with E-state index in [1.165, 1.54) is 6.20 Å². The van der Waals surface area contributed by atoms with Crippen molar-refractivity contribution in [1.29, 1.82) is 0 Å². The number of H-pyrrole nitrogens is 1. The topological polar surface area (TPSA) is 84.9 Å². The minimum Gasteiger partial charge on any atom is -0.462 e. The fraction of sp³-hybridized carbons (Fsp3) is 0.231. The van der Waals surface area contributed by atoms with Crippen molar-refractivity contribution in [1.82, 2.24) is 15.0 Å². The molecule has 2 aromatic rings. The second kappa shape index (κ2) is 5.90. The summed E-state index contributed by atoms with van der Waals surface area (Å²) in [6.45, 7) is 1.89. The Bertz CT molecular complexity index is 623. The summed E-state index contributed by atoms with van der Waals surface area (Å²) >= 11 is 0. The molecule has 0 saturated carbocycles. The molecule has 0 spiro atoms. The minimum absolute atomic E-state index is 0.0911. The average molecular weight is 259 g/mol. The molecule has 2 heterocycles. The lowest BCUT2D eigenvalue weighted by Crippen LogP contribution is -2.22. The molecule has 0 saturated heterocycles.